The first-order valence-electron chi connectivity index (χ1n) is 6.59. The van der Waals surface area contributed by atoms with Crippen LogP contribution in [0, 0.1) is 0 Å². The fourth-order valence-electron chi connectivity index (χ4n) is 2.37. The molecule has 116 valence electrons. The zero-order chi connectivity index (χ0) is 15.6. The van der Waals surface area contributed by atoms with Gasteiger partial charge in [-0.15, -0.1) is 0 Å². The van der Waals surface area contributed by atoms with Crippen molar-refractivity contribution in [3.63, 3.8) is 0 Å². The van der Waals surface area contributed by atoms with Crippen molar-refractivity contribution in [2.75, 3.05) is 25.1 Å². The maximum absolute atomic E-state index is 12.2. The third-order valence-corrected chi connectivity index (χ3v) is 5.15. The van der Waals surface area contributed by atoms with E-state index < -0.39 is 10.0 Å². The largest absolute Gasteiger partial charge is 0.398 e. The topological polar surface area (TPSA) is 92.5 Å². The summed E-state index contributed by atoms with van der Waals surface area (Å²) in [5, 5.41) is 3.17. The van der Waals surface area contributed by atoms with Crippen molar-refractivity contribution in [1.82, 2.24) is 9.62 Å². The number of nitrogens with zero attached hydrogens (tertiary/aromatic N) is 1. The lowest BCUT2D eigenvalue weighted by Crippen LogP contribution is -2.46. The van der Waals surface area contributed by atoms with Gasteiger partial charge < -0.3 is 11.1 Å². The predicted molar refractivity (Wildman–Crippen MR) is 82.8 cm³/mol. The van der Waals surface area contributed by atoms with Gasteiger partial charge in [-0.2, -0.15) is 0 Å². The minimum absolute atomic E-state index is 0.0776. The number of carbonyl (C=O) groups is 1. The molecule has 21 heavy (non-hydrogen) atoms. The highest BCUT2D eigenvalue weighted by atomic mass is 35.5. The van der Waals surface area contributed by atoms with Gasteiger partial charge in [-0.3, -0.25) is 4.79 Å². The van der Waals surface area contributed by atoms with Gasteiger partial charge in [0.15, 0.2) is 0 Å². The van der Waals surface area contributed by atoms with Crippen molar-refractivity contribution in [2.45, 2.75) is 18.9 Å². The summed E-state index contributed by atoms with van der Waals surface area (Å²) in [6, 6.07) is 4.83. The Morgan fingerprint density at radius 1 is 1.38 bits per heavy atom. The van der Waals surface area contributed by atoms with Crippen molar-refractivity contribution in [2.24, 2.45) is 0 Å². The van der Waals surface area contributed by atoms with Gasteiger partial charge in [-0.1, -0.05) is 17.7 Å². The fourth-order valence-corrected chi connectivity index (χ4v) is 3.51. The number of nitrogen functional groups attached to an aromatic ring is 1. The minimum atomic E-state index is -3.16. The van der Waals surface area contributed by atoms with Crippen LogP contribution in [0.25, 0.3) is 0 Å². The van der Waals surface area contributed by atoms with Gasteiger partial charge in [-0.05, 0) is 25.0 Å². The SMILES string of the molecule is CS(=O)(=O)N1CCC(NC(=O)c2c(N)cccc2Cl)CC1. The number of anilines is 1. The van der Waals surface area contributed by atoms with E-state index in [0.717, 1.165) is 0 Å². The number of halogens is 1. The van der Waals surface area contributed by atoms with Crippen LogP contribution in [0.4, 0.5) is 5.69 Å². The Labute approximate surface area is 129 Å². The van der Waals surface area contributed by atoms with Crippen molar-refractivity contribution < 1.29 is 13.2 Å². The molecule has 1 aromatic carbocycles. The molecule has 0 bridgehead atoms. The second-order valence-corrected chi connectivity index (χ2v) is 7.50. The number of rotatable bonds is 3. The number of nitrogens with two attached hydrogens (primary N) is 1. The summed E-state index contributed by atoms with van der Waals surface area (Å²) in [5.74, 6) is -0.323. The number of benzene rings is 1. The molecule has 1 aromatic rings. The zero-order valence-electron chi connectivity index (χ0n) is 11.7. The first-order chi connectivity index (χ1) is 9.79. The van der Waals surface area contributed by atoms with Gasteiger partial charge in [0.2, 0.25) is 10.0 Å². The number of amides is 1. The lowest BCUT2D eigenvalue weighted by molar-refractivity contribution is 0.0925. The van der Waals surface area contributed by atoms with Crippen LogP contribution in [-0.2, 0) is 10.0 Å². The van der Waals surface area contributed by atoms with E-state index in [4.69, 9.17) is 17.3 Å². The summed E-state index contributed by atoms with van der Waals surface area (Å²) in [4.78, 5) is 12.2. The molecule has 0 aromatic heterocycles. The van der Waals surface area contributed by atoms with Gasteiger partial charge in [0.05, 0.1) is 16.8 Å². The number of piperidine rings is 1. The third-order valence-electron chi connectivity index (χ3n) is 3.53. The zero-order valence-corrected chi connectivity index (χ0v) is 13.2. The van der Waals surface area contributed by atoms with E-state index in [1.54, 1.807) is 18.2 Å². The van der Waals surface area contributed by atoms with Crippen molar-refractivity contribution in [1.29, 1.82) is 0 Å². The van der Waals surface area contributed by atoms with E-state index in [9.17, 15) is 13.2 Å². The molecule has 0 atom stereocenters. The molecule has 1 saturated heterocycles. The summed E-state index contributed by atoms with van der Waals surface area (Å²) in [5.41, 5.74) is 6.37. The second kappa shape index (κ2) is 6.21. The molecule has 1 aliphatic rings. The molecule has 8 heteroatoms. The normalized spacial score (nSPS) is 17.6. The summed E-state index contributed by atoms with van der Waals surface area (Å²) in [7, 11) is -3.16. The molecule has 0 unspecified atom stereocenters. The molecule has 0 saturated carbocycles. The Bertz CT molecular complexity index is 620. The number of carbonyl (C=O) groups excluding carboxylic acids is 1. The number of hydrogen-bond acceptors (Lipinski definition) is 4. The second-order valence-electron chi connectivity index (χ2n) is 5.11. The minimum Gasteiger partial charge on any atom is -0.398 e. The van der Waals surface area contributed by atoms with Crippen LogP contribution >= 0.6 is 11.6 Å². The molecule has 1 heterocycles. The van der Waals surface area contributed by atoms with E-state index in [0.29, 0.717) is 36.6 Å². The highest BCUT2D eigenvalue weighted by Crippen LogP contribution is 2.22. The van der Waals surface area contributed by atoms with Crippen LogP contribution in [0.15, 0.2) is 18.2 Å². The average Bonchev–Trinajstić information content (AvgIpc) is 2.38. The van der Waals surface area contributed by atoms with Crippen LogP contribution in [0.5, 0.6) is 0 Å². The highest BCUT2D eigenvalue weighted by Gasteiger charge is 2.26. The summed E-state index contributed by atoms with van der Waals surface area (Å²) in [6.45, 7) is 0.809. The summed E-state index contributed by atoms with van der Waals surface area (Å²) in [6.07, 6.45) is 2.34. The number of hydrogen-bond donors (Lipinski definition) is 2. The average molecular weight is 332 g/mol. The van der Waals surface area contributed by atoms with Crippen LogP contribution in [-0.4, -0.2) is 44.0 Å². The Kier molecular flexibility index (Phi) is 4.75. The van der Waals surface area contributed by atoms with Crippen LogP contribution < -0.4 is 11.1 Å². The monoisotopic (exact) mass is 331 g/mol. The molecular weight excluding hydrogens is 314 g/mol. The van der Waals surface area contributed by atoms with E-state index >= 15 is 0 Å². The highest BCUT2D eigenvalue weighted by molar-refractivity contribution is 7.88. The summed E-state index contributed by atoms with van der Waals surface area (Å²) >= 11 is 6.00. The van der Waals surface area contributed by atoms with Gasteiger partial charge in [0, 0.05) is 24.8 Å². The lowest BCUT2D eigenvalue weighted by atomic mass is 10.1. The molecule has 6 nitrogen and oxygen atoms in total. The first-order valence-corrected chi connectivity index (χ1v) is 8.81. The molecule has 1 amide bonds. The Morgan fingerprint density at radius 2 is 2.00 bits per heavy atom. The molecule has 0 spiro atoms. The Morgan fingerprint density at radius 3 is 2.52 bits per heavy atom. The molecule has 2 rings (SSSR count). The van der Waals surface area contributed by atoms with Crippen molar-refractivity contribution in [3.05, 3.63) is 28.8 Å². The smallest absolute Gasteiger partial charge is 0.255 e. The molecule has 0 radical (unpaired) electrons. The maximum atomic E-state index is 12.2. The Hall–Kier alpha value is -1.31. The molecule has 1 aliphatic heterocycles. The lowest BCUT2D eigenvalue weighted by Gasteiger charge is -2.30. The van der Waals surface area contributed by atoms with Crippen molar-refractivity contribution >= 4 is 33.2 Å². The fraction of sp³-hybridized carbons (Fsp3) is 0.462. The maximum Gasteiger partial charge on any atom is 0.255 e. The van der Waals surface area contributed by atoms with E-state index in [2.05, 4.69) is 5.32 Å². The quantitative estimate of drug-likeness (QED) is 0.810. The van der Waals surface area contributed by atoms with Crippen LogP contribution in [0.2, 0.25) is 5.02 Å². The van der Waals surface area contributed by atoms with Gasteiger partial charge >= 0.3 is 0 Å². The van der Waals surface area contributed by atoms with E-state index in [1.807, 2.05) is 0 Å². The van der Waals surface area contributed by atoms with E-state index in [1.165, 1.54) is 10.6 Å². The number of nitrogens with one attached hydrogen (secondary N) is 1. The number of sulfonamides is 1. The molecule has 1 fully saturated rings. The van der Waals surface area contributed by atoms with E-state index in [-0.39, 0.29) is 17.5 Å². The van der Waals surface area contributed by atoms with Gasteiger partial charge in [-0.25, -0.2) is 12.7 Å². The van der Waals surface area contributed by atoms with Crippen molar-refractivity contribution in [3.8, 4) is 0 Å². The summed E-state index contributed by atoms with van der Waals surface area (Å²) < 4.78 is 24.3. The van der Waals surface area contributed by atoms with Gasteiger partial charge in [0.1, 0.15) is 0 Å². The van der Waals surface area contributed by atoms with Crippen LogP contribution in [0.3, 0.4) is 0 Å². The first kappa shape index (κ1) is 16.1. The Balaban J connectivity index is 1.99. The predicted octanol–water partition coefficient (Wildman–Crippen LogP) is 1.08. The van der Waals surface area contributed by atoms with Gasteiger partial charge in [0.25, 0.3) is 5.91 Å². The molecule has 0 aliphatic carbocycles. The van der Waals surface area contributed by atoms with Crippen LogP contribution in [0.1, 0.15) is 23.2 Å². The standard InChI is InChI=1S/C13H18ClN3O3S/c1-21(19,20)17-7-5-9(6-8-17)16-13(18)12-10(14)3-2-4-11(12)15/h2-4,9H,5-8,15H2,1H3,(H,16,18). The third kappa shape index (κ3) is 3.87. The molecular formula is C13H18ClN3O3S. The molecule has 3 N–H and O–H groups in total.